The summed E-state index contributed by atoms with van der Waals surface area (Å²) in [7, 11) is 0. The maximum Gasteiger partial charge on any atom is 0.329 e. The third kappa shape index (κ3) is 2.86. The molecule has 0 aromatic rings. The van der Waals surface area contributed by atoms with E-state index in [1.807, 2.05) is 0 Å². The molecule has 0 spiro atoms. The van der Waals surface area contributed by atoms with E-state index in [1.54, 1.807) is 9.80 Å². The van der Waals surface area contributed by atoms with Crippen LogP contribution in [0.25, 0.3) is 0 Å². The van der Waals surface area contributed by atoms with Crippen molar-refractivity contribution in [1.82, 2.24) is 15.1 Å². The molecule has 0 radical (unpaired) electrons. The third-order valence-corrected chi connectivity index (χ3v) is 4.19. The summed E-state index contributed by atoms with van der Waals surface area (Å²) >= 11 is 0. The van der Waals surface area contributed by atoms with E-state index in [4.69, 9.17) is 0 Å². The number of carbonyl (C=O) groups excluding carboxylic acids is 2. The molecule has 7 nitrogen and oxygen atoms in total. The van der Waals surface area contributed by atoms with Gasteiger partial charge in [0.2, 0.25) is 5.91 Å². The summed E-state index contributed by atoms with van der Waals surface area (Å²) in [6.45, 7) is 3.65. The van der Waals surface area contributed by atoms with Crippen LogP contribution in [0.15, 0.2) is 0 Å². The summed E-state index contributed by atoms with van der Waals surface area (Å²) in [5.41, 5.74) is -1.08. The van der Waals surface area contributed by atoms with Gasteiger partial charge in [-0.1, -0.05) is 0 Å². The lowest BCUT2D eigenvalue weighted by atomic mass is 9.77. The Kier molecular flexibility index (Phi) is 4.15. The molecule has 2 N–H and O–H groups in total. The van der Waals surface area contributed by atoms with E-state index in [2.05, 4.69) is 5.32 Å². The Labute approximate surface area is 117 Å². The number of hydrogen-bond acceptors (Lipinski definition) is 3. The molecule has 0 atom stereocenters. The maximum absolute atomic E-state index is 12.2. The first-order valence-corrected chi connectivity index (χ1v) is 7.01. The van der Waals surface area contributed by atoms with Gasteiger partial charge in [0.15, 0.2) is 0 Å². The molecule has 0 aromatic carbocycles. The van der Waals surface area contributed by atoms with Gasteiger partial charge in [0, 0.05) is 33.1 Å². The molecule has 1 saturated carbocycles. The van der Waals surface area contributed by atoms with Crippen molar-refractivity contribution in [2.45, 2.75) is 38.1 Å². The van der Waals surface area contributed by atoms with E-state index in [0.29, 0.717) is 45.4 Å². The van der Waals surface area contributed by atoms with Crippen LogP contribution < -0.4 is 5.32 Å². The molecular formula is C13H21N3O4. The number of urea groups is 1. The van der Waals surface area contributed by atoms with Gasteiger partial charge in [-0.15, -0.1) is 0 Å². The van der Waals surface area contributed by atoms with Crippen LogP contribution in [0.4, 0.5) is 4.79 Å². The number of rotatable bonds is 2. The summed E-state index contributed by atoms with van der Waals surface area (Å²) in [5, 5.41) is 11.9. The minimum Gasteiger partial charge on any atom is -0.480 e. The number of aliphatic carboxylic acids is 1. The van der Waals surface area contributed by atoms with Gasteiger partial charge < -0.3 is 20.2 Å². The standard InChI is InChI=1S/C13H21N3O4/c1-10(17)15-6-3-7-16(9-8-15)12(20)14-13(11(18)19)4-2-5-13/h2-9H2,1H3,(H,14,20)(H,18,19). The minimum absolute atomic E-state index is 0.00765. The highest BCUT2D eigenvalue weighted by atomic mass is 16.4. The zero-order chi connectivity index (χ0) is 14.8. The number of carboxylic acid groups (broad SMARTS) is 1. The van der Waals surface area contributed by atoms with Gasteiger partial charge in [0.25, 0.3) is 0 Å². The lowest BCUT2D eigenvalue weighted by Gasteiger charge is -2.39. The Morgan fingerprint density at radius 1 is 1.00 bits per heavy atom. The second-order valence-electron chi connectivity index (χ2n) is 5.52. The van der Waals surface area contributed by atoms with Crippen LogP contribution in [0.5, 0.6) is 0 Å². The van der Waals surface area contributed by atoms with Gasteiger partial charge in [-0.2, -0.15) is 0 Å². The molecule has 0 unspecified atom stereocenters. The summed E-state index contributed by atoms with van der Waals surface area (Å²) in [4.78, 5) is 38.1. The monoisotopic (exact) mass is 283 g/mol. The van der Waals surface area contributed by atoms with Crippen molar-refractivity contribution in [3.63, 3.8) is 0 Å². The molecule has 1 heterocycles. The number of hydrogen-bond donors (Lipinski definition) is 2. The number of nitrogens with one attached hydrogen (secondary N) is 1. The van der Waals surface area contributed by atoms with Crippen LogP contribution in [-0.4, -0.2) is 64.5 Å². The van der Waals surface area contributed by atoms with E-state index in [1.165, 1.54) is 6.92 Å². The Bertz CT molecular complexity index is 420. The van der Waals surface area contributed by atoms with Gasteiger partial charge in [-0.3, -0.25) is 4.79 Å². The summed E-state index contributed by atoms with van der Waals surface area (Å²) in [6.07, 6.45) is 2.51. The average molecular weight is 283 g/mol. The van der Waals surface area contributed by atoms with Crippen molar-refractivity contribution in [1.29, 1.82) is 0 Å². The summed E-state index contributed by atoms with van der Waals surface area (Å²) < 4.78 is 0. The predicted molar refractivity (Wildman–Crippen MR) is 71.2 cm³/mol. The van der Waals surface area contributed by atoms with E-state index >= 15 is 0 Å². The molecule has 20 heavy (non-hydrogen) atoms. The van der Waals surface area contributed by atoms with Crippen LogP contribution in [0, 0.1) is 0 Å². The number of carboxylic acids is 1. The van der Waals surface area contributed by atoms with Crippen LogP contribution in [0.1, 0.15) is 32.6 Å². The Morgan fingerprint density at radius 2 is 1.60 bits per heavy atom. The minimum atomic E-state index is -1.08. The summed E-state index contributed by atoms with van der Waals surface area (Å²) in [6, 6.07) is -0.336. The molecule has 0 bridgehead atoms. The quantitative estimate of drug-likeness (QED) is 0.760. The molecule has 2 aliphatic rings. The Balaban J connectivity index is 1.93. The van der Waals surface area contributed by atoms with Crippen molar-refractivity contribution in [3.05, 3.63) is 0 Å². The first-order valence-electron chi connectivity index (χ1n) is 7.01. The number of amides is 3. The molecule has 2 rings (SSSR count). The molecule has 2 fully saturated rings. The first-order chi connectivity index (χ1) is 9.44. The maximum atomic E-state index is 12.2. The van der Waals surface area contributed by atoms with E-state index < -0.39 is 11.5 Å². The highest BCUT2D eigenvalue weighted by Gasteiger charge is 2.46. The van der Waals surface area contributed by atoms with Crippen molar-refractivity contribution in [2.75, 3.05) is 26.2 Å². The van der Waals surface area contributed by atoms with E-state index in [0.717, 1.165) is 6.42 Å². The highest BCUT2D eigenvalue weighted by molar-refractivity contribution is 5.87. The average Bonchev–Trinajstić information content (AvgIpc) is 2.58. The Hall–Kier alpha value is -1.79. The smallest absolute Gasteiger partial charge is 0.329 e. The normalized spacial score (nSPS) is 21.6. The third-order valence-electron chi connectivity index (χ3n) is 4.19. The molecule has 1 aliphatic carbocycles. The number of carbonyl (C=O) groups is 3. The van der Waals surface area contributed by atoms with Crippen molar-refractivity contribution in [2.24, 2.45) is 0 Å². The van der Waals surface area contributed by atoms with E-state index in [-0.39, 0.29) is 11.9 Å². The van der Waals surface area contributed by atoms with Gasteiger partial charge in [0.05, 0.1) is 0 Å². The predicted octanol–water partition coefficient (Wildman–Crippen LogP) is 0.258. The van der Waals surface area contributed by atoms with Gasteiger partial charge in [-0.05, 0) is 25.7 Å². The number of nitrogens with zero attached hydrogens (tertiary/aromatic N) is 2. The van der Waals surface area contributed by atoms with Crippen LogP contribution in [0.2, 0.25) is 0 Å². The van der Waals surface area contributed by atoms with Gasteiger partial charge in [-0.25, -0.2) is 9.59 Å². The highest BCUT2D eigenvalue weighted by Crippen LogP contribution is 2.32. The van der Waals surface area contributed by atoms with Crippen molar-refractivity contribution in [3.8, 4) is 0 Å². The Morgan fingerprint density at radius 3 is 2.10 bits per heavy atom. The molecule has 112 valence electrons. The topological polar surface area (TPSA) is 90.0 Å². The van der Waals surface area contributed by atoms with Gasteiger partial charge in [0.1, 0.15) is 5.54 Å². The fourth-order valence-corrected chi connectivity index (χ4v) is 2.64. The van der Waals surface area contributed by atoms with Gasteiger partial charge >= 0.3 is 12.0 Å². The second kappa shape index (κ2) is 5.68. The lowest BCUT2D eigenvalue weighted by molar-refractivity contribution is -0.148. The zero-order valence-corrected chi connectivity index (χ0v) is 11.7. The molecule has 7 heteroatoms. The van der Waals surface area contributed by atoms with Crippen LogP contribution >= 0.6 is 0 Å². The van der Waals surface area contributed by atoms with Crippen LogP contribution in [0.3, 0.4) is 0 Å². The molecule has 1 saturated heterocycles. The molecule has 3 amide bonds. The largest absolute Gasteiger partial charge is 0.480 e. The van der Waals surface area contributed by atoms with Crippen molar-refractivity contribution < 1.29 is 19.5 Å². The molecule has 1 aliphatic heterocycles. The fourth-order valence-electron chi connectivity index (χ4n) is 2.64. The zero-order valence-electron chi connectivity index (χ0n) is 11.7. The van der Waals surface area contributed by atoms with Crippen molar-refractivity contribution >= 4 is 17.9 Å². The first kappa shape index (κ1) is 14.6. The second-order valence-corrected chi connectivity index (χ2v) is 5.52. The SMILES string of the molecule is CC(=O)N1CCCN(C(=O)NC2(C(=O)O)CCC2)CC1. The summed E-state index contributed by atoms with van der Waals surface area (Å²) in [5.74, 6) is -0.953. The van der Waals surface area contributed by atoms with E-state index in [9.17, 15) is 19.5 Å². The fraction of sp³-hybridized carbons (Fsp3) is 0.769. The molecule has 0 aromatic heterocycles. The lowest BCUT2D eigenvalue weighted by Crippen LogP contribution is -2.61. The van der Waals surface area contributed by atoms with Crippen LogP contribution in [-0.2, 0) is 9.59 Å². The molecular weight excluding hydrogens is 262 g/mol.